The van der Waals surface area contributed by atoms with Crippen molar-refractivity contribution < 1.29 is 15.3 Å². The molecule has 0 radical (unpaired) electrons. The van der Waals surface area contributed by atoms with Crippen LogP contribution in [-0.4, -0.2) is 37.6 Å². The van der Waals surface area contributed by atoms with E-state index in [0.29, 0.717) is 16.5 Å². The smallest absolute Gasteiger partial charge is 0.260 e. The van der Waals surface area contributed by atoms with Crippen LogP contribution in [0.4, 0.5) is 0 Å². The van der Waals surface area contributed by atoms with Gasteiger partial charge in [-0.15, -0.1) is 0 Å². The van der Waals surface area contributed by atoms with E-state index in [0.717, 1.165) is 0 Å². The standard InChI is InChI=1S/C13H16N2O4/c1-15-7-14-10-3-2-8(6-9(10)13(15)19)12(18)11(17)4-5-16/h2-3,6-7,11-12,16-18H,4-5H2,1H3. The first-order valence-electron chi connectivity index (χ1n) is 5.97. The van der Waals surface area contributed by atoms with Gasteiger partial charge in [0.05, 0.1) is 23.3 Å². The first-order valence-corrected chi connectivity index (χ1v) is 5.97. The number of nitrogens with zero attached hydrogens (tertiary/aromatic N) is 2. The molecule has 0 spiro atoms. The highest BCUT2D eigenvalue weighted by Gasteiger charge is 2.18. The number of hydrogen-bond donors (Lipinski definition) is 3. The van der Waals surface area contributed by atoms with E-state index in [4.69, 9.17) is 5.11 Å². The van der Waals surface area contributed by atoms with Crippen LogP contribution in [0.5, 0.6) is 0 Å². The van der Waals surface area contributed by atoms with Crippen LogP contribution in [0, 0.1) is 0 Å². The molecule has 0 aliphatic rings. The molecule has 3 N–H and O–H groups in total. The number of rotatable bonds is 4. The molecule has 2 unspecified atom stereocenters. The van der Waals surface area contributed by atoms with Gasteiger partial charge in [-0.1, -0.05) is 6.07 Å². The number of benzene rings is 1. The number of fused-ring (bicyclic) bond motifs is 1. The monoisotopic (exact) mass is 264 g/mol. The number of aryl methyl sites for hydroxylation is 1. The van der Waals surface area contributed by atoms with Crippen LogP contribution in [0.1, 0.15) is 18.1 Å². The normalized spacial score (nSPS) is 14.5. The molecule has 19 heavy (non-hydrogen) atoms. The van der Waals surface area contributed by atoms with Crippen LogP contribution in [-0.2, 0) is 7.05 Å². The Balaban J connectivity index is 2.46. The predicted octanol–water partition coefficient (Wildman–Crippen LogP) is -0.290. The van der Waals surface area contributed by atoms with Crippen LogP contribution in [0.25, 0.3) is 10.9 Å². The lowest BCUT2D eigenvalue weighted by molar-refractivity contribution is 0.00428. The Morgan fingerprint density at radius 2 is 2.11 bits per heavy atom. The minimum absolute atomic E-state index is 0.0737. The summed E-state index contributed by atoms with van der Waals surface area (Å²) < 4.78 is 1.35. The first-order chi connectivity index (χ1) is 9.04. The number of aliphatic hydroxyl groups is 3. The fourth-order valence-corrected chi connectivity index (χ4v) is 1.93. The van der Waals surface area contributed by atoms with Gasteiger partial charge in [0.2, 0.25) is 0 Å². The molecule has 0 aliphatic heterocycles. The summed E-state index contributed by atoms with van der Waals surface area (Å²) in [6, 6.07) is 4.76. The van der Waals surface area contributed by atoms with Gasteiger partial charge >= 0.3 is 0 Å². The summed E-state index contributed by atoms with van der Waals surface area (Å²) in [6.07, 6.45) is -0.699. The Bertz CT molecular complexity index is 638. The molecule has 2 rings (SSSR count). The van der Waals surface area contributed by atoms with Crippen molar-refractivity contribution in [3.63, 3.8) is 0 Å². The molecule has 0 saturated carbocycles. The third-order valence-electron chi connectivity index (χ3n) is 3.07. The average Bonchev–Trinajstić information content (AvgIpc) is 2.42. The van der Waals surface area contributed by atoms with Crippen molar-refractivity contribution in [2.75, 3.05) is 6.61 Å². The molecule has 102 valence electrons. The summed E-state index contributed by atoms with van der Waals surface area (Å²) in [5.74, 6) is 0. The number of aliphatic hydroxyl groups excluding tert-OH is 3. The van der Waals surface area contributed by atoms with Crippen molar-refractivity contribution in [3.8, 4) is 0 Å². The molecule has 0 bridgehead atoms. The van der Waals surface area contributed by atoms with Crippen LogP contribution >= 0.6 is 0 Å². The average molecular weight is 264 g/mol. The molecular formula is C13H16N2O4. The van der Waals surface area contributed by atoms with E-state index in [9.17, 15) is 15.0 Å². The van der Waals surface area contributed by atoms with E-state index in [1.54, 1.807) is 19.2 Å². The summed E-state index contributed by atoms with van der Waals surface area (Å²) in [6.45, 7) is -0.213. The summed E-state index contributed by atoms with van der Waals surface area (Å²) in [4.78, 5) is 16.0. The van der Waals surface area contributed by atoms with E-state index in [1.165, 1.54) is 17.0 Å². The molecule has 0 aliphatic carbocycles. The maximum Gasteiger partial charge on any atom is 0.260 e. The molecule has 1 aromatic heterocycles. The Kier molecular flexibility index (Phi) is 3.94. The zero-order valence-electron chi connectivity index (χ0n) is 10.5. The van der Waals surface area contributed by atoms with Crippen molar-refractivity contribution in [3.05, 3.63) is 40.4 Å². The largest absolute Gasteiger partial charge is 0.396 e. The quantitative estimate of drug-likeness (QED) is 0.705. The van der Waals surface area contributed by atoms with Gasteiger partial charge in [0, 0.05) is 13.7 Å². The summed E-state index contributed by atoms with van der Waals surface area (Å²) in [5, 5.41) is 28.7. The van der Waals surface area contributed by atoms with Crippen LogP contribution in [0.15, 0.2) is 29.3 Å². The highest BCUT2D eigenvalue weighted by Crippen LogP contribution is 2.21. The Morgan fingerprint density at radius 3 is 2.79 bits per heavy atom. The van der Waals surface area contributed by atoms with Gasteiger partial charge in [-0.25, -0.2) is 4.98 Å². The van der Waals surface area contributed by atoms with Crippen LogP contribution in [0.2, 0.25) is 0 Å². The van der Waals surface area contributed by atoms with Gasteiger partial charge in [-0.2, -0.15) is 0 Å². The van der Waals surface area contributed by atoms with E-state index in [1.807, 2.05) is 0 Å². The molecule has 0 amide bonds. The zero-order valence-corrected chi connectivity index (χ0v) is 10.5. The van der Waals surface area contributed by atoms with Crippen molar-refractivity contribution in [2.24, 2.45) is 7.05 Å². The predicted molar refractivity (Wildman–Crippen MR) is 69.7 cm³/mol. The summed E-state index contributed by atoms with van der Waals surface area (Å²) >= 11 is 0. The zero-order chi connectivity index (χ0) is 14.0. The van der Waals surface area contributed by atoms with E-state index < -0.39 is 12.2 Å². The lowest BCUT2D eigenvalue weighted by atomic mass is 10.0. The van der Waals surface area contributed by atoms with E-state index >= 15 is 0 Å². The van der Waals surface area contributed by atoms with Gasteiger partial charge < -0.3 is 19.9 Å². The van der Waals surface area contributed by atoms with E-state index in [2.05, 4.69) is 4.98 Å². The van der Waals surface area contributed by atoms with Gasteiger partial charge in [0.25, 0.3) is 5.56 Å². The van der Waals surface area contributed by atoms with Gasteiger partial charge in [-0.05, 0) is 24.1 Å². The van der Waals surface area contributed by atoms with E-state index in [-0.39, 0.29) is 18.6 Å². The summed E-state index contributed by atoms with van der Waals surface area (Å²) in [5.41, 5.74) is 0.755. The second kappa shape index (κ2) is 5.48. The minimum atomic E-state index is -1.14. The highest BCUT2D eigenvalue weighted by molar-refractivity contribution is 5.78. The van der Waals surface area contributed by atoms with Crippen molar-refractivity contribution >= 4 is 10.9 Å². The van der Waals surface area contributed by atoms with Crippen molar-refractivity contribution in [2.45, 2.75) is 18.6 Å². The molecule has 6 heteroatoms. The molecular weight excluding hydrogens is 248 g/mol. The molecule has 2 aromatic rings. The fourth-order valence-electron chi connectivity index (χ4n) is 1.93. The molecule has 1 aromatic carbocycles. The molecule has 6 nitrogen and oxygen atoms in total. The SMILES string of the molecule is Cn1cnc2ccc(C(O)C(O)CCO)cc2c1=O. The third kappa shape index (κ3) is 2.65. The molecule has 0 fully saturated rings. The van der Waals surface area contributed by atoms with Crippen LogP contribution in [0.3, 0.4) is 0 Å². The first kappa shape index (κ1) is 13.7. The fraction of sp³-hybridized carbons (Fsp3) is 0.385. The third-order valence-corrected chi connectivity index (χ3v) is 3.07. The maximum absolute atomic E-state index is 11.9. The van der Waals surface area contributed by atoms with Crippen molar-refractivity contribution in [1.82, 2.24) is 9.55 Å². The second-order valence-corrected chi connectivity index (χ2v) is 4.46. The maximum atomic E-state index is 11.9. The lowest BCUT2D eigenvalue weighted by Gasteiger charge is -2.17. The minimum Gasteiger partial charge on any atom is -0.396 e. The van der Waals surface area contributed by atoms with Crippen LogP contribution < -0.4 is 5.56 Å². The Hall–Kier alpha value is -1.76. The van der Waals surface area contributed by atoms with Gasteiger partial charge in [0.15, 0.2) is 0 Å². The Morgan fingerprint density at radius 1 is 1.37 bits per heavy atom. The van der Waals surface area contributed by atoms with Gasteiger partial charge in [0.1, 0.15) is 6.10 Å². The second-order valence-electron chi connectivity index (χ2n) is 4.46. The Labute approximate surface area is 109 Å². The molecule has 2 atom stereocenters. The lowest BCUT2D eigenvalue weighted by Crippen LogP contribution is -2.21. The molecule has 0 saturated heterocycles. The molecule has 1 heterocycles. The summed E-state index contributed by atoms with van der Waals surface area (Å²) in [7, 11) is 1.60. The topological polar surface area (TPSA) is 95.6 Å². The number of aromatic nitrogens is 2. The number of hydrogen-bond acceptors (Lipinski definition) is 5. The highest BCUT2D eigenvalue weighted by atomic mass is 16.3. The van der Waals surface area contributed by atoms with Crippen molar-refractivity contribution in [1.29, 1.82) is 0 Å². The van der Waals surface area contributed by atoms with Gasteiger partial charge in [-0.3, -0.25) is 4.79 Å².